The molecule has 1 heterocycles. The van der Waals surface area contributed by atoms with E-state index < -0.39 is 5.60 Å². The monoisotopic (exact) mass is 198 g/mol. The molecule has 0 spiro atoms. The van der Waals surface area contributed by atoms with E-state index in [0.29, 0.717) is 6.42 Å². The molecule has 0 N–H and O–H groups in total. The predicted molar refractivity (Wildman–Crippen MR) is 47.3 cm³/mol. The summed E-state index contributed by atoms with van der Waals surface area (Å²) in [6.45, 7) is 3.51. The van der Waals surface area contributed by atoms with Crippen molar-refractivity contribution in [1.29, 1.82) is 0 Å². The molecule has 2 fully saturated rings. The minimum absolute atomic E-state index is 0.0255. The molecule has 14 heavy (non-hydrogen) atoms. The van der Waals surface area contributed by atoms with E-state index in [0.717, 1.165) is 12.7 Å². The highest BCUT2D eigenvalue weighted by Gasteiger charge is 2.49. The summed E-state index contributed by atoms with van der Waals surface area (Å²) >= 11 is 0. The Morgan fingerprint density at radius 3 is 2.93 bits per heavy atom. The van der Waals surface area contributed by atoms with E-state index in [1.165, 1.54) is 0 Å². The summed E-state index contributed by atoms with van der Waals surface area (Å²) in [5.74, 6) is 0.0347. The van der Waals surface area contributed by atoms with Crippen LogP contribution in [0.15, 0.2) is 0 Å². The lowest BCUT2D eigenvalue weighted by molar-refractivity contribution is -0.413. The van der Waals surface area contributed by atoms with E-state index >= 15 is 0 Å². The third-order valence-corrected chi connectivity index (χ3v) is 3.43. The molecule has 2 aliphatic rings. The Morgan fingerprint density at radius 1 is 1.57 bits per heavy atom. The van der Waals surface area contributed by atoms with Crippen molar-refractivity contribution in [3.05, 3.63) is 0 Å². The average Bonchev–Trinajstić information content (AvgIpc) is 2.19. The fourth-order valence-corrected chi connectivity index (χ4v) is 2.11. The Labute approximate surface area is 82.5 Å². The van der Waals surface area contributed by atoms with Crippen LogP contribution in [-0.4, -0.2) is 23.8 Å². The zero-order valence-corrected chi connectivity index (χ0v) is 8.36. The lowest BCUT2D eigenvalue weighted by Gasteiger charge is -2.44. The maximum atomic E-state index is 11.6. The van der Waals surface area contributed by atoms with E-state index in [-0.39, 0.29) is 23.7 Å². The summed E-state index contributed by atoms with van der Waals surface area (Å²) in [7, 11) is 0. The van der Waals surface area contributed by atoms with Gasteiger partial charge in [-0.05, 0) is 13.3 Å². The lowest BCUT2D eigenvalue weighted by Crippen LogP contribution is -2.53. The molecule has 1 aliphatic carbocycles. The first-order chi connectivity index (χ1) is 6.57. The van der Waals surface area contributed by atoms with Gasteiger partial charge in [0.05, 0.1) is 0 Å². The smallest absolute Gasteiger partial charge is 0.159 e. The molecule has 1 saturated heterocycles. The van der Waals surface area contributed by atoms with Crippen LogP contribution in [0.5, 0.6) is 0 Å². The molecule has 4 nitrogen and oxygen atoms in total. The van der Waals surface area contributed by atoms with Crippen molar-refractivity contribution in [2.75, 3.05) is 0 Å². The molecule has 0 unspecified atom stereocenters. The van der Waals surface area contributed by atoms with Gasteiger partial charge in [0.1, 0.15) is 11.9 Å². The first kappa shape index (κ1) is 9.80. The van der Waals surface area contributed by atoms with Crippen LogP contribution in [0.1, 0.15) is 26.7 Å². The molecular formula is C10H14O4. The van der Waals surface area contributed by atoms with Crippen LogP contribution in [0.2, 0.25) is 0 Å². The van der Waals surface area contributed by atoms with Crippen LogP contribution >= 0.6 is 0 Å². The van der Waals surface area contributed by atoms with E-state index in [2.05, 4.69) is 0 Å². The second kappa shape index (κ2) is 3.14. The third-order valence-electron chi connectivity index (χ3n) is 3.43. The zero-order chi connectivity index (χ0) is 10.3. The van der Waals surface area contributed by atoms with Gasteiger partial charge in [0.25, 0.3) is 0 Å². The average molecular weight is 198 g/mol. The molecule has 0 aromatic carbocycles. The quantitative estimate of drug-likeness (QED) is 0.464. The number of hydrogen-bond acceptors (Lipinski definition) is 4. The molecule has 0 radical (unpaired) electrons. The molecule has 0 amide bonds. The molecular weight excluding hydrogens is 184 g/mol. The van der Waals surface area contributed by atoms with Gasteiger partial charge in [-0.3, -0.25) is 9.59 Å². The van der Waals surface area contributed by atoms with Crippen LogP contribution in [0.4, 0.5) is 0 Å². The number of fused-ring (bicyclic) bond motifs is 2. The summed E-state index contributed by atoms with van der Waals surface area (Å²) in [5, 5.41) is 0. The maximum absolute atomic E-state index is 11.6. The van der Waals surface area contributed by atoms with Crippen LogP contribution in [-0.2, 0) is 19.4 Å². The number of carbonyl (C=O) groups is 2. The van der Waals surface area contributed by atoms with Crippen molar-refractivity contribution >= 4 is 12.1 Å². The number of rotatable bonds is 1. The van der Waals surface area contributed by atoms with Gasteiger partial charge in [0.2, 0.25) is 0 Å². The Morgan fingerprint density at radius 2 is 2.29 bits per heavy atom. The highest BCUT2D eigenvalue weighted by molar-refractivity contribution is 5.83. The minimum Gasteiger partial charge on any atom is -0.300 e. The number of hydrogen-bond donors (Lipinski definition) is 0. The van der Waals surface area contributed by atoms with Crippen LogP contribution < -0.4 is 0 Å². The first-order valence-corrected chi connectivity index (χ1v) is 4.90. The fraction of sp³-hybridized carbons (Fsp3) is 0.800. The van der Waals surface area contributed by atoms with E-state index in [4.69, 9.17) is 9.78 Å². The Bertz CT molecular complexity index is 275. The van der Waals surface area contributed by atoms with Crippen LogP contribution in [0.25, 0.3) is 0 Å². The molecule has 0 aromatic rings. The van der Waals surface area contributed by atoms with Crippen LogP contribution in [0, 0.1) is 11.8 Å². The minimum atomic E-state index is -0.938. The largest absolute Gasteiger partial charge is 0.300 e. The zero-order valence-electron chi connectivity index (χ0n) is 8.36. The summed E-state index contributed by atoms with van der Waals surface area (Å²) in [6, 6.07) is 0. The van der Waals surface area contributed by atoms with Crippen LogP contribution in [0.3, 0.4) is 0 Å². The molecule has 4 heteroatoms. The molecule has 4 atom stereocenters. The van der Waals surface area contributed by atoms with Crippen molar-refractivity contribution < 1.29 is 19.4 Å². The van der Waals surface area contributed by atoms with Gasteiger partial charge in [-0.25, -0.2) is 9.78 Å². The van der Waals surface area contributed by atoms with Crippen molar-refractivity contribution in [1.82, 2.24) is 0 Å². The SMILES string of the molecule is C[C@H]1C(=O)C[C@@H]2C[C@H]1OO[C@]2(C)C=O. The van der Waals surface area contributed by atoms with Gasteiger partial charge < -0.3 is 0 Å². The Kier molecular flexibility index (Phi) is 2.20. The van der Waals surface area contributed by atoms with Gasteiger partial charge in [-0.1, -0.05) is 6.92 Å². The van der Waals surface area contributed by atoms with E-state index in [1.54, 1.807) is 6.92 Å². The normalized spacial score (nSPS) is 47.6. The molecule has 78 valence electrons. The van der Waals surface area contributed by atoms with E-state index in [1.807, 2.05) is 6.92 Å². The summed E-state index contributed by atoms with van der Waals surface area (Å²) in [5.41, 5.74) is -0.938. The molecule has 1 aliphatic heterocycles. The summed E-state index contributed by atoms with van der Waals surface area (Å²) < 4.78 is 0. The maximum Gasteiger partial charge on any atom is 0.159 e. The number of Topliss-reactive ketones (excluding diaryl/α,β-unsaturated/α-hetero) is 1. The fourth-order valence-electron chi connectivity index (χ4n) is 2.11. The number of aldehydes is 1. The van der Waals surface area contributed by atoms with Gasteiger partial charge in [0.15, 0.2) is 11.9 Å². The third kappa shape index (κ3) is 1.29. The molecule has 1 saturated carbocycles. The molecule has 2 bridgehead atoms. The standard InChI is InChI=1S/C10H14O4/c1-6-8(12)3-7-4-9(6)13-14-10(7,2)5-11/h5-7,9H,3-4H2,1-2H3/t6-,7+,9+,10+/m0/s1. The van der Waals surface area contributed by atoms with E-state index in [9.17, 15) is 9.59 Å². The Hall–Kier alpha value is -0.740. The highest BCUT2D eigenvalue weighted by atomic mass is 17.2. The molecule has 0 aromatic heterocycles. The topological polar surface area (TPSA) is 52.6 Å². The predicted octanol–water partition coefficient (Wildman–Crippen LogP) is 0.890. The summed E-state index contributed by atoms with van der Waals surface area (Å²) in [6.07, 6.45) is 1.73. The van der Waals surface area contributed by atoms with Crippen molar-refractivity contribution in [2.45, 2.75) is 38.4 Å². The van der Waals surface area contributed by atoms with Gasteiger partial charge in [0, 0.05) is 18.3 Å². The first-order valence-electron chi connectivity index (χ1n) is 4.90. The second-order valence-corrected chi connectivity index (χ2v) is 4.41. The Balaban J connectivity index is 2.22. The van der Waals surface area contributed by atoms with Crippen molar-refractivity contribution in [3.8, 4) is 0 Å². The summed E-state index contributed by atoms with van der Waals surface area (Å²) in [4.78, 5) is 32.6. The number of carbonyl (C=O) groups excluding carboxylic acids is 2. The molecule has 2 rings (SSSR count). The highest BCUT2D eigenvalue weighted by Crippen LogP contribution is 2.40. The van der Waals surface area contributed by atoms with Crippen molar-refractivity contribution in [3.63, 3.8) is 0 Å². The lowest BCUT2D eigenvalue weighted by atomic mass is 9.72. The number of ketones is 1. The van der Waals surface area contributed by atoms with Gasteiger partial charge in [-0.15, -0.1) is 0 Å². The second-order valence-electron chi connectivity index (χ2n) is 4.41. The van der Waals surface area contributed by atoms with Gasteiger partial charge in [-0.2, -0.15) is 0 Å². The van der Waals surface area contributed by atoms with Crippen molar-refractivity contribution in [2.24, 2.45) is 11.8 Å². The van der Waals surface area contributed by atoms with Gasteiger partial charge >= 0.3 is 0 Å².